The van der Waals surface area contributed by atoms with Gasteiger partial charge in [0, 0.05) is 25.2 Å². The fourth-order valence-electron chi connectivity index (χ4n) is 3.40. The molecule has 122 valence electrons. The van der Waals surface area contributed by atoms with Crippen LogP contribution in [0.15, 0.2) is 0 Å². The molecule has 2 rings (SSSR count). The maximum absolute atomic E-state index is 12.0. The molecule has 0 spiro atoms. The Morgan fingerprint density at radius 3 is 2.95 bits per heavy atom. The number of nitrogens with zero attached hydrogens (tertiary/aromatic N) is 1. The molecule has 2 aliphatic rings. The van der Waals surface area contributed by atoms with Gasteiger partial charge in [0.05, 0.1) is 12.6 Å². The second kappa shape index (κ2) is 8.71. The summed E-state index contributed by atoms with van der Waals surface area (Å²) in [7, 11) is 0. The number of hydrogen-bond donors (Lipinski definition) is 2. The second-order valence-corrected chi connectivity index (χ2v) is 6.51. The maximum Gasteiger partial charge on any atom is 0.234 e. The quantitative estimate of drug-likeness (QED) is 0.660. The standard InChI is InChI=1S/C16H31N3O2/c1-13(2)21-11-5-9-18-16(20)12-19-10-4-7-15(19)14-6-3-8-17-14/h13-15,17H,3-12H2,1-2H3,(H,18,20). The largest absolute Gasteiger partial charge is 0.379 e. The number of carbonyl (C=O) groups excluding carboxylic acids is 1. The van der Waals surface area contributed by atoms with Gasteiger partial charge < -0.3 is 15.4 Å². The van der Waals surface area contributed by atoms with Crippen LogP contribution in [-0.4, -0.2) is 61.8 Å². The number of likely N-dealkylation sites (tertiary alicyclic amines) is 1. The van der Waals surface area contributed by atoms with E-state index in [4.69, 9.17) is 4.74 Å². The molecule has 2 saturated heterocycles. The van der Waals surface area contributed by atoms with Gasteiger partial charge in [-0.05, 0) is 59.0 Å². The van der Waals surface area contributed by atoms with Crippen LogP contribution in [0.25, 0.3) is 0 Å². The van der Waals surface area contributed by atoms with E-state index in [9.17, 15) is 4.79 Å². The van der Waals surface area contributed by atoms with Gasteiger partial charge in [-0.25, -0.2) is 0 Å². The minimum atomic E-state index is 0.157. The van der Waals surface area contributed by atoms with Crippen molar-refractivity contribution in [3.63, 3.8) is 0 Å². The van der Waals surface area contributed by atoms with Gasteiger partial charge in [0.2, 0.25) is 5.91 Å². The first kappa shape index (κ1) is 16.7. The van der Waals surface area contributed by atoms with Gasteiger partial charge in [0.25, 0.3) is 0 Å². The Labute approximate surface area is 128 Å². The van der Waals surface area contributed by atoms with E-state index in [1.54, 1.807) is 0 Å². The van der Waals surface area contributed by atoms with E-state index in [-0.39, 0.29) is 12.0 Å². The molecule has 0 aromatic carbocycles. The number of hydrogen-bond acceptors (Lipinski definition) is 4. The highest BCUT2D eigenvalue weighted by Crippen LogP contribution is 2.24. The molecule has 2 aliphatic heterocycles. The molecular formula is C16H31N3O2. The first-order chi connectivity index (χ1) is 10.2. The molecule has 0 bridgehead atoms. The third-order valence-electron chi connectivity index (χ3n) is 4.42. The van der Waals surface area contributed by atoms with Crippen LogP contribution < -0.4 is 10.6 Å². The lowest BCUT2D eigenvalue weighted by atomic mass is 10.0. The van der Waals surface area contributed by atoms with E-state index >= 15 is 0 Å². The summed E-state index contributed by atoms with van der Waals surface area (Å²) in [6.07, 6.45) is 6.14. The first-order valence-corrected chi connectivity index (χ1v) is 8.52. The van der Waals surface area contributed by atoms with Crippen molar-refractivity contribution in [2.24, 2.45) is 0 Å². The molecule has 0 aliphatic carbocycles. The smallest absolute Gasteiger partial charge is 0.234 e. The monoisotopic (exact) mass is 297 g/mol. The Morgan fingerprint density at radius 1 is 1.38 bits per heavy atom. The van der Waals surface area contributed by atoms with E-state index in [1.165, 1.54) is 25.7 Å². The average molecular weight is 297 g/mol. The fraction of sp³-hybridized carbons (Fsp3) is 0.938. The van der Waals surface area contributed by atoms with Crippen LogP contribution >= 0.6 is 0 Å². The van der Waals surface area contributed by atoms with Crippen LogP contribution in [0.2, 0.25) is 0 Å². The summed E-state index contributed by atoms with van der Waals surface area (Å²) in [6, 6.07) is 1.15. The molecule has 5 nitrogen and oxygen atoms in total. The summed E-state index contributed by atoms with van der Waals surface area (Å²) in [4.78, 5) is 14.4. The highest BCUT2D eigenvalue weighted by atomic mass is 16.5. The third kappa shape index (κ3) is 5.57. The third-order valence-corrected chi connectivity index (χ3v) is 4.42. The van der Waals surface area contributed by atoms with Crippen LogP contribution in [0.3, 0.4) is 0 Å². The van der Waals surface area contributed by atoms with Crippen molar-refractivity contribution in [2.75, 3.05) is 32.8 Å². The van der Waals surface area contributed by atoms with Crippen LogP contribution in [0.1, 0.15) is 46.0 Å². The molecule has 0 aromatic heterocycles. The summed E-state index contributed by atoms with van der Waals surface area (Å²) in [5.74, 6) is 0.157. The predicted molar refractivity (Wildman–Crippen MR) is 84.3 cm³/mol. The minimum Gasteiger partial charge on any atom is -0.379 e. The van der Waals surface area contributed by atoms with Crippen molar-refractivity contribution >= 4 is 5.91 Å². The number of rotatable bonds is 8. The van der Waals surface area contributed by atoms with Crippen LogP contribution in [0, 0.1) is 0 Å². The molecule has 2 heterocycles. The Balaban J connectivity index is 1.62. The van der Waals surface area contributed by atoms with Gasteiger partial charge in [0.1, 0.15) is 0 Å². The molecule has 1 amide bonds. The lowest BCUT2D eigenvalue weighted by Gasteiger charge is -2.28. The van der Waals surface area contributed by atoms with Crippen molar-refractivity contribution in [2.45, 2.75) is 64.1 Å². The summed E-state index contributed by atoms with van der Waals surface area (Å²) in [6.45, 7) is 8.24. The van der Waals surface area contributed by atoms with Gasteiger partial charge in [-0.1, -0.05) is 0 Å². The highest BCUT2D eigenvalue weighted by Gasteiger charge is 2.33. The number of ether oxygens (including phenoxy) is 1. The first-order valence-electron chi connectivity index (χ1n) is 8.52. The van der Waals surface area contributed by atoms with Crippen LogP contribution in [0.5, 0.6) is 0 Å². The molecule has 2 atom stereocenters. The Morgan fingerprint density at radius 2 is 2.24 bits per heavy atom. The second-order valence-electron chi connectivity index (χ2n) is 6.51. The average Bonchev–Trinajstić information content (AvgIpc) is 3.08. The van der Waals surface area contributed by atoms with Crippen LogP contribution in [0.4, 0.5) is 0 Å². The van der Waals surface area contributed by atoms with Crippen molar-refractivity contribution in [1.82, 2.24) is 15.5 Å². The van der Waals surface area contributed by atoms with E-state index < -0.39 is 0 Å². The van der Waals surface area contributed by atoms with Gasteiger partial charge in [0.15, 0.2) is 0 Å². The van der Waals surface area contributed by atoms with Crippen LogP contribution in [-0.2, 0) is 9.53 Å². The van der Waals surface area contributed by atoms with Gasteiger partial charge in [-0.15, -0.1) is 0 Å². The Kier molecular flexibility index (Phi) is 6.93. The minimum absolute atomic E-state index is 0.157. The van der Waals surface area contributed by atoms with E-state index in [0.717, 1.165) is 26.1 Å². The molecule has 2 fully saturated rings. The zero-order chi connectivity index (χ0) is 15.1. The molecule has 0 radical (unpaired) electrons. The lowest BCUT2D eigenvalue weighted by molar-refractivity contribution is -0.122. The molecule has 2 unspecified atom stereocenters. The SMILES string of the molecule is CC(C)OCCCNC(=O)CN1CCCC1C1CCCN1. The highest BCUT2D eigenvalue weighted by molar-refractivity contribution is 5.78. The maximum atomic E-state index is 12.0. The van der Waals surface area contributed by atoms with Crippen molar-refractivity contribution < 1.29 is 9.53 Å². The number of nitrogens with one attached hydrogen (secondary N) is 2. The topological polar surface area (TPSA) is 53.6 Å². The van der Waals surface area contributed by atoms with Crippen molar-refractivity contribution in [1.29, 1.82) is 0 Å². The summed E-state index contributed by atoms with van der Waals surface area (Å²) in [5, 5.41) is 6.60. The van der Waals surface area contributed by atoms with Gasteiger partial charge in [-0.2, -0.15) is 0 Å². The fourth-order valence-corrected chi connectivity index (χ4v) is 3.40. The van der Waals surface area contributed by atoms with Crippen molar-refractivity contribution in [3.05, 3.63) is 0 Å². The molecule has 21 heavy (non-hydrogen) atoms. The molecule has 2 N–H and O–H groups in total. The van der Waals surface area contributed by atoms with E-state index in [2.05, 4.69) is 15.5 Å². The molecule has 0 saturated carbocycles. The number of amides is 1. The zero-order valence-electron chi connectivity index (χ0n) is 13.6. The Bertz CT molecular complexity index is 317. The van der Waals surface area contributed by atoms with Gasteiger partial charge in [-0.3, -0.25) is 9.69 Å². The zero-order valence-corrected chi connectivity index (χ0v) is 13.6. The Hall–Kier alpha value is -0.650. The van der Waals surface area contributed by atoms with E-state index in [0.29, 0.717) is 25.2 Å². The number of carbonyl (C=O) groups is 1. The summed E-state index contributed by atoms with van der Waals surface area (Å²) >= 11 is 0. The predicted octanol–water partition coefficient (Wildman–Crippen LogP) is 1.13. The molecular weight excluding hydrogens is 266 g/mol. The normalized spacial score (nSPS) is 26.6. The van der Waals surface area contributed by atoms with Gasteiger partial charge >= 0.3 is 0 Å². The molecule has 5 heteroatoms. The lowest BCUT2D eigenvalue weighted by Crippen LogP contribution is -2.47. The summed E-state index contributed by atoms with van der Waals surface area (Å²) in [5.41, 5.74) is 0. The summed E-state index contributed by atoms with van der Waals surface area (Å²) < 4.78 is 5.47. The van der Waals surface area contributed by atoms with Crippen molar-refractivity contribution in [3.8, 4) is 0 Å². The molecule has 0 aromatic rings. The van der Waals surface area contributed by atoms with E-state index in [1.807, 2.05) is 13.8 Å².